The van der Waals surface area contributed by atoms with Crippen LogP contribution in [0.4, 0.5) is 0 Å². The summed E-state index contributed by atoms with van der Waals surface area (Å²) in [5.41, 5.74) is 6.62. The Morgan fingerprint density at radius 1 is 0.950 bits per heavy atom. The van der Waals surface area contributed by atoms with E-state index in [-0.39, 0.29) is 5.38 Å². The number of fused-ring (bicyclic) bond motifs is 1. The van der Waals surface area contributed by atoms with Crippen molar-refractivity contribution in [3.05, 3.63) is 68.7 Å². The third kappa shape index (κ3) is 2.80. The highest BCUT2D eigenvalue weighted by molar-refractivity contribution is 9.10. The summed E-state index contributed by atoms with van der Waals surface area (Å²) in [6.45, 7) is 2.10. The van der Waals surface area contributed by atoms with Crippen molar-refractivity contribution >= 4 is 27.5 Å². The average Bonchev–Trinajstić information content (AvgIpc) is 2.49. The second kappa shape index (κ2) is 5.91. The molecule has 0 N–H and O–H groups in total. The molecule has 0 aliphatic heterocycles. The van der Waals surface area contributed by atoms with Gasteiger partial charge in [0.2, 0.25) is 0 Å². The molecule has 0 radical (unpaired) electrons. The summed E-state index contributed by atoms with van der Waals surface area (Å²) in [7, 11) is 0. The van der Waals surface area contributed by atoms with Gasteiger partial charge in [0.25, 0.3) is 0 Å². The fourth-order valence-electron chi connectivity index (χ4n) is 2.93. The molecule has 0 saturated heterocycles. The van der Waals surface area contributed by atoms with Gasteiger partial charge >= 0.3 is 0 Å². The van der Waals surface area contributed by atoms with Gasteiger partial charge in [-0.25, -0.2) is 0 Å². The van der Waals surface area contributed by atoms with Crippen LogP contribution in [-0.4, -0.2) is 0 Å². The Morgan fingerprint density at radius 3 is 2.35 bits per heavy atom. The normalized spacial score (nSPS) is 15.8. The van der Waals surface area contributed by atoms with E-state index in [4.69, 9.17) is 11.6 Å². The van der Waals surface area contributed by atoms with Crippen LogP contribution in [0.1, 0.15) is 46.0 Å². The predicted octanol–water partition coefficient (Wildman–Crippen LogP) is 5.96. The Balaban J connectivity index is 1.93. The maximum absolute atomic E-state index is 6.68. The second-order valence-corrected chi connectivity index (χ2v) is 6.90. The van der Waals surface area contributed by atoms with E-state index in [2.05, 4.69) is 59.3 Å². The smallest absolute Gasteiger partial charge is 0.0835 e. The number of alkyl halides is 1. The summed E-state index contributed by atoms with van der Waals surface area (Å²) in [6, 6.07) is 13.1. The minimum atomic E-state index is -0.0611. The first-order valence-electron chi connectivity index (χ1n) is 7.17. The molecule has 0 aromatic heterocycles. The minimum Gasteiger partial charge on any atom is -0.113 e. The van der Waals surface area contributed by atoms with Crippen molar-refractivity contribution in [3.8, 4) is 0 Å². The molecule has 3 rings (SSSR count). The quantitative estimate of drug-likeness (QED) is 0.586. The first-order valence-corrected chi connectivity index (χ1v) is 8.40. The van der Waals surface area contributed by atoms with E-state index >= 15 is 0 Å². The number of halogens is 2. The molecule has 0 amide bonds. The lowest BCUT2D eigenvalue weighted by Crippen LogP contribution is -2.04. The van der Waals surface area contributed by atoms with Gasteiger partial charge in [-0.3, -0.25) is 0 Å². The third-order valence-electron chi connectivity index (χ3n) is 4.14. The van der Waals surface area contributed by atoms with Crippen molar-refractivity contribution in [2.75, 3.05) is 0 Å². The highest BCUT2D eigenvalue weighted by Crippen LogP contribution is 2.33. The highest BCUT2D eigenvalue weighted by Gasteiger charge is 2.15. The summed E-state index contributed by atoms with van der Waals surface area (Å²) >= 11 is 10.2. The molecule has 2 aromatic rings. The van der Waals surface area contributed by atoms with Gasteiger partial charge in [-0.2, -0.15) is 0 Å². The van der Waals surface area contributed by atoms with Gasteiger partial charge in [0, 0.05) is 4.47 Å². The zero-order chi connectivity index (χ0) is 14.1. The van der Waals surface area contributed by atoms with Crippen LogP contribution in [0.3, 0.4) is 0 Å². The molecule has 1 aliphatic rings. The van der Waals surface area contributed by atoms with Crippen LogP contribution in [-0.2, 0) is 12.8 Å². The topological polar surface area (TPSA) is 0 Å². The average molecular weight is 350 g/mol. The first kappa shape index (κ1) is 14.2. The second-order valence-electron chi connectivity index (χ2n) is 5.61. The molecule has 104 valence electrons. The zero-order valence-corrected chi connectivity index (χ0v) is 14.0. The molecule has 0 fully saturated rings. The van der Waals surface area contributed by atoms with E-state index in [1.54, 1.807) is 0 Å². The van der Waals surface area contributed by atoms with Crippen LogP contribution in [0.5, 0.6) is 0 Å². The Hall–Kier alpha value is -0.790. The van der Waals surface area contributed by atoms with E-state index in [9.17, 15) is 0 Å². The number of rotatable bonds is 2. The molecule has 0 spiro atoms. The first-order chi connectivity index (χ1) is 9.65. The van der Waals surface area contributed by atoms with Gasteiger partial charge in [0.15, 0.2) is 0 Å². The van der Waals surface area contributed by atoms with Gasteiger partial charge in [-0.1, -0.05) is 46.3 Å². The van der Waals surface area contributed by atoms with Crippen molar-refractivity contribution in [1.82, 2.24) is 0 Å². The van der Waals surface area contributed by atoms with Crippen LogP contribution < -0.4 is 0 Å². The Morgan fingerprint density at radius 2 is 1.60 bits per heavy atom. The van der Waals surface area contributed by atoms with E-state index in [0.29, 0.717) is 0 Å². The molecule has 0 nitrogen and oxygen atoms in total. The van der Waals surface area contributed by atoms with Gasteiger partial charge in [-0.05, 0) is 66.5 Å². The van der Waals surface area contributed by atoms with E-state index in [1.165, 1.54) is 53.5 Å². The lowest BCUT2D eigenvalue weighted by molar-refractivity contribution is 0.684. The number of benzene rings is 2. The molecule has 1 atom stereocenters. The molecule has 1 aliphatic carbocycles. The maximum Gasteiger partial charge on any atom is 0.0835 e. The van der Waals surface area contributed by atoms with Gasteiger partial charge in [0.1, 0.15) is 0 Å². The molecule has 0 bridgehead atoms. The third-order valence-corrected chi connectivity index (χ3v) is 5.53. The predicted molar refractivity (Wildman–Crippen MR) is 89.7 cm³/mol. The Labute approximate surface area is 134 Å². The molecule has 2 aromatic carbocycles. The monoisotopic (exact) mass is 348 g/mol. The Bertz CT molecular complexity index is 633. The van der Waals surface area contributed by atoms with Crippen molar-refractivity contribution in [1.29, 1.82) is 0 Å². The lowest BCUT2D eigenvalue weighted by atomic mass is 9.89. The van der Waals surface area contributed by atoms with Crippen LogP contribution in [0.15, 0.2) is 40.9 Å². The summed E-state index contributed by atoms with van der Waals surface area (Å²) in [4.78, 5) is 0. The minimum absolute atomic E-state index is 0.0611. The van der Waals surface area contributed by atoms with E-state index in [1.807, 2.05) is 0 Å². The van der Waals surface area contributed by atoms with Crippen LogP contribution in [0.25, 0.3) is 0 Å². The standard InChI is InChI=1S/C18H18BrCl/c1-12-10-15(8-9-17(12)19)18(20)16-7-6-13-4-2-3-5-14(13)11-16/h6-11,18H,2-5H2,1H3. The molecule has 0 heterocycles. The molecular weight excluding hydrogens is 332 g/mol. The van der Waals surface area contributed by atoms with Crippen molar-refractivity contribution in [2.24, 2.45) is 0 Å². The number of hydrogen-bond acceptors (Lipinski definition) is 0. The molecule has 20 heavy (non-hydrogen) atoms. The lowest BCUT2D eigenvalue weighted by Gasteiger charge is -2.19. The molecular formula is C18H18BrCl. The SMILES string of the molecule is Cc1cc(C(Cl)c2ccc3c(c2)CCCC3)ccc1Br. The number of aryl methyl sites for hydroxylation is 3. The fourth-order valence-corrected chi connectivity index (χ4v) is 3.45. The fraction of sp³-hybridized carbons (Fsp3) is 0.333. The number of hydrogen-bond donors (Lipinski definition) is 0. The molecule has 0 saturated carbocycles. The summed E-state index contributed by atoms with van der Waals surface area (Å²) < 4.78 is 1.13. The van der Waals surface area contributed by atoms with Gasteiger partial charge < -0.3 is 0 Å². The molecule has 1 unspecified atom stereocenters. The van der Waals surface area contributed by atoms with Crippen molar-refractivity contribution < 1.29 is 0 Å². The maximum atomic E-state index is 6.68. The van der Waals surface area contributed by atoms with Crippen LogP contribution in [0.2, 0.25) is 0 Å². The van der Waals surface area contributed by atoms with Gasteiger partial charge in [-0.15, -0.1) is 11.6 Å². The van der Waals surface area contributed by atoms with Crippen LogP contribution >= 0.6 is 27.5 Å². The summed E-state index contributed by atoms with van der Waals surface area (Å²) in [5, 5.41) is -0.0611. The van der Waals surface area contributed by atoms with E-state index in [0.717, 1.165) is 4.47 Å². The summed E-state index contributed by atoms with van der Waals surface area (Å²) in [5.74, 6) is 0. The van der Waals surface area contributed by atoms with Gasteiger partial charge in [0.05, 0.1) is 5.38 Å². The molecule has 2 heteroatoms. The Kier molecular flexibility index (Phi) is 4.18. The highest BCUT2D eigenvalue weighted by atomic mass is 79.9. The van der Waals surface area contributed by atoms with Crippen molar-refractivity contribution in [2.45, 2.75) is 38.0 Å². The van der Waals surface area contributed by atoms with E-state index < -0.39 is 0 Å². The summed E-state index contributed by atoms with van der Waals surface area (Å²) in [6.07, 6.45) is 5.05. The van der Waals surface area contributed by atoms with Crippen molar-refractivity contribution in [3.63, 3.8) is 0 Å². The largest absolute Gasteiger partial charge is 0.113 e. The van der Waals surface area contributed by atoms with Crippen LogP contribution in [0, 0.1) is 6.92 Å². The zero-order valence-electron chi connectivity index (χ0n) is 11.6.